The number of hydrogen-bond donors (Lipinski definition) is 1. The number of aromatic nitrogens is 2. The molecule has 0 aliphatic carbocycles. The smallest absolute Gasteiger partial charge is 0.119 e. The van der Waals surface area contributed by atoms with Crippen LogP contribution in [-0.4, -0.2) is 45.9 Å². The summed E-state index contributed by atoms with van der Waals surface area (Å²) in [5.74, 6) is 5.80. The second-order valence-corrected chi connectivity index (χ2v) is 7.95. The largest absolute Gasteiger partial charge is 0.497 e. The Bertz CT molecular complexity index is 607. The molecule has 1 atom stereocenters. The van der Waals surface area contributed by atoms with Gasteiger partial charge in [-0.1, -0.05) is 0 Å². The van der Waals surface area contributed by atoms with Gasteiger partial charge < -0.3 is 10.1 Å². The Balaban J connectivity index is 1.65. The van der Waals surface area contributed by atoms with E-state index in [-0.39, 0.29) is 0 Å². The van der Waals surface area contributed by atoms with Gasteiger partial charge in [-0.05, 0) is 31.2 Å². The van der Waals surface area contributed by atoms with E-state index < -0.39 is 0 Å². The molecule has 1 unspecified atom stereocenters. The van der Waals surface area contributed by atoms with Crippen molar-refractivity contribution in [2.24, 2.45) is 0 Å². The molecule has 6 heteroatoms. The predicted octanol–water partition coefficient (Wildman–Crippen LogP) is 3.38. The Kier molecular flexibility index (Phi) is 5.91. The molecule has 1 aromatic carbocycles. The van der Waals surface area contributed by atoms with E-state index in [1.165, 1.54) is 28.6 Å². The summed E-state index contributed by atoms with van der Waals surface area (Å²) in [6, 6.07) is 8.84. The highest BCUT2D eigenvalue weighted by molar-refractivity contribution is 8.03. The highest BCUT2D eigenvalue weighted by Crippen LogP contribution is 2.21. The number of hydrogen-bond acceptors (Lipinski definition) is 5. The van der Waals surface area contributed by atoms with Crippen LogP contribution >= 0.6 is 23.5 Å². The standard InChI is InChI=1S/C17H23N3OS2/c1-13(19-15-11-22-7-8-23-12-15)14-9-18-20(10-14)16-3-5-17(21-2)6-4-16/h3-6,9-10,13,15,19H,7-8,11-12H2,1-2H3. The van der Waals surface area contributed by atoms with Crippen LogP contribution < -0.4 is 10.1 Å². The molecule has 1 aromatic heterocycles. The highest BCUT2D eigenvalue weighted by atomic mass is 32.2. The molecule has 1 N–H and O–H groups in total. The van der Waals surface area contributed by atoms with Gasteiger partial charge in [0.25, 0.3) is 0 Å². The van der Waals surface area contributed by atoms with Crippen molar-refractivity contribution in [3.8, 4) is 11.4 Å². The lowest BCUT2D eigenvalue weighted by Gasteiger charge is -2.20. The fourth-order valence-electron chi connectivity index (χ4n) is 2.60. The van der Waals surface area contributed by atoms with Gasteiger partial charge in [-0.25, -0.2) is 4.68 Å². The second-order valence-electron chi connectivity index (χ2n) is 5.65. The number of nitrogens with one attached hydrogen (secondary N) is 1. The summed E-state index contributed by atoms with van der Waals surface area (Å²) in [5.41, 5.74) is 2.27. The molecule has 0 saturated carbocycles. The van der Waals surface area contributed by atoms with Crippen LogP contribution in [-0.2, 0) is 0 Å². The van der Waals surface area contributed by atoms with Crippen molar-refractivity contribution < 1.29 is 4.74 Å². The number of rotatable bonds is 5. The summed E-state index contributed by atoms with van der Waals surface area (Å²) in [5, 5.41) is 8.24. The van der Waals surface area contributed by atoms with Crippen molar-refractivity contribution in [2.75, 3.05) is 30.1 Å². The van der Waals surface area contributed by atoms with E-state index in [0.717, 1.165) is 11.4 Å². The van der Waals surface area contributed by atoms with Gasteiger partial charge in [-0.15, -0.1) is 0 Å². The van der Waals surface area contributed by atoms with Crippen LogP contribution in [0.25, 0.3) is 5.69 Å². The number of nitrogens with zero attached hydrogens (tertiary/aromatic N) is 2. The molecule has 23 heavy (non-hydrogen) atoms. The van der Waals surface area contributed by atoms with Crippen molar-refractivity contribution in [1.29, 1.82) is 0 Å². The monoisotopic (exact) mass is 349 g/mol. The van der Waals surface area contributed by atoms with Crippen LogP contribution in [0.2, 0.25) is 0 Å². The average Bonchev–Trinajstić information content (AvgIpc) is 2.94. The molecule has 2 heterocycles. The van der Waals surface area contributed by atoms with Crippen LogP contribution in [0.4, 0.5) is 0 Å². The molecule has 0 spiro atoms. The van der Waals surface area contributed by atoms with Crippen LogP contribution in [0.3, 0.4) is 0 Å². The minimum absolute atomic E-state index is 0.311. The van der Waals surface area contributed by atoms with E-state index in [2.05, 4.69) is 47.1 Å². The lowest BCUT2D eigenvalue weighted by Crippen LogP contribution is -2.35. The Labute approximate surface area is 146 Å². The van der Waals surface area contributed by atoms with Gasteiger partial charge in [-0.2, -0.15) is 28.6 Å². The molecule has 1 aliphatic rings. The summed E-state index contributed by atoms with van der Waals surface area (Å²) >= 11 is 4.10. The Morgan fingerprint density at radius 3 is 2.57 bits per heavy atom. The molecule has 1 saturated heterocycles. The van der Waals surface area contributed by atoms with Crippen molar-refractivity contribution in [1.82, 2.24) is 15.1 Å². The van der Waals surface area contributed by atoms with Gasteiger partial charge in [0.2, 0.25) is 0 Å². The Hall–Kier alpha value is -1.11. The first kappa shape index (κ1) is 16.7. The van der Waals surface area contributed by atoms with E-state index >= 15 is 0 Å². The first-order valence-electron chi connectivity index (χ1n) is 7.87. The summed E-state index contributed by atoms with van der Waals surface area (Å²) in [6.07, 6.45) is 4.06. The zero-order chi connectivity index (χ0) is 16.1. The van der Waals surface area contributed by atoms with Crippen molar-refractivity contribution in [3.63, 3.8) is 0 Å². The lowest BCUT2D eigenvalue weighted by atomic mass is 10.1. The van der Waals surface area contributed by atoms with Crippen molar-refractivity contribution >= 4 is 23.5 Å². The van der Waals surface area contributed by atoms with Crippen molar-refractivity contribution in [3.05, 3.63) is 42.2 Å². The Morgan fingerprint density at radius 1 is 1.22 bits per heavy atom. The minimum Gasteiger partial charge on any atom is -0.497 e. The van der Waals surface area contributed by atoms with Gasteiger partial charge in [0, 0.05) is 46.9 Å². The molecule has 4 nitrogen and oxygen atoms in total. The molecule has 3 rings (SSSR count). The summed E-state index contributed by atoms with van der Waals surface area (Å²) in [4.78, 5) is 0. The molecule has 1 aliphatic heterocycles. The van der Waals surface area contributed by atoms with Crippen molar-refractivity contribution in [2.45, 2.75) is 19.0 Å². The maximum absolute atomic E-state index is 5.20. The van der Waals surface area contributed by atoms with Gasteiger partial charge in [-0.3, -0.25) is 0 Å². The van der Waals surface area contributed by atoms with Crippen LogP contribution in [0.5, 0.6) is 5.75 Å². The molecule has 0 amide bonds. The van der Waals surface area contributed by atoms with Crippen LogP contribution in [0.15, 0.2) is 36.7 Å². The first-order valence-corrected chi connectivity index (χ1v) is 10.2. The minimum atomic E-state index is 0.311. The molecular weight excluding hydrogens is 326 g/mol. The molecule has 124 valence electrons. The quantitative estimate of drug-likeness (QED) is 0.896. The zero-order valence-corrected chi connectivity index (χ0v) is 15.2. The normalized spacial score (nSPS) is 17.7. The van der Waals surface area contributed by atoms with Crippen LogP contribution in [0.1, 0.15) is 18.5 Å². The molecular formula is C17H23N3OS2. The molecule has 0 radical (unpaired) electrons. The van der Waals surface area contributed by atoms with E-state index in [1.807, 2.05) is 35.1 Å². The van der Waals surface area contributed by atoms with Gasteiger partial charge in [0.05, 0.1) is 19.0 Å². The van der Waals surface area contributed by atoms with Gasteiger partial charge >= 0.3 is 0 Å². The fourth-order valence-corrected chi connectivity index (χ4v) is 5.02. The van der Waals surface area contributed by atoms with Gasteiger partial charge in [0.1, 0.15) is 5.75 Å². The summed E-state index contributed by atoms with van der Waals surface area (Å²) in [6.45, 7) is 2.22. The van der Waals surface area contributed by atoms with E-state index in [9.17, 15) is 0 Å². The highest BCUT2D eigenvalue weighted by Gasteiger charge is 2.17. The summed E-state index contributed by atoms with van der Waals surface area (Å²) < 4.78 is 7.12. The van der Waals surface area contributed by atoms with E-state index in [1.54, 1.807) is 7.11 Å². The number of benzene rings is 1. The molecule has 2 aromatic rings. The van der Waals surface area contributed by atoms with E-state index in [4.69, 9.17) is 4.74 Å². The SMILES string of the molecule is COc1ccc(-n2cc(C(C)NC3CSCCSC3)cn2)cc1. The van der Waals surface area contributed by atoms with Crippen LogP contribution in [0, 0.1) is 0 Å². The van der Waals surface area contributed by atoms with Gasteiger partial charge in [0.15, 0.2) is 0 Å². The fraction of sp³-hybridized carbons (Fsp3) is 0.471. The zero-order valence-electron chi connectivity index (χ0n) is 13.6. The lowest BCUT2D eigenvalue weighted by molar-refractivity contribution is 0.414. The third-order valence-corrected chi connectivity index (χ3v) is 6.46. The molecule has 1 fully saturated rings. The Morgan fingerprint density at radius 2 is 1.91 bits per heavy atom. The number of thioether (sulfide) groups is 2. The summed E-state index contributed by atoms with van der Waals surface area (Å²) in [7, 11) is 1.68. The third kappa shape index (κ3) is 4.46. The second kappa shape index (κ2) is 8.13. The maximum Gasteiger partial charge on any atom is 0.119 e. The first-order chi connectivity index (χ1) is 11.3. The van der Waals surface area contributed by atoms with E-state index in [0.29, 0.717) is 12.1 Å². The average molecular weight is 350 g/mol. The topological polar surface area (TPSA) is 39.1 Å². The number of methoxy groups -OCH3 is 1. The third-order valence-electron chi connectivity index (χ3n) is 3.94. The maximum atomic E-state index is 5.20. The number of ether oxygens (including phenoxy) is 1. The predicted molar refractivity (Wildman–Crippen MR) is 100 cm³/mol. The molecule has 0 bridgehead atoms.